The first-order valence-electron chi connectivity index (χ1n) is 6.48. The van der Waals surface area contributed by atoms with Crippen LogP contribution in [0.15, 0.2) is 0 Å². The van der Waals surface area contributed by atoms with Gasteiger partial charge in [0.15, 0.2) is 0 Å². The van der Waals surface area contributed by atoms with Crippen LogP contribution >= 0.6 is 0 Å². The zero-order valence-electron chi connectivity index (χ0n) is 10.8. The Bertz CT molecular complexity index is 328. The van der Waals surface area contributed by atoms with Crippen LogP contribution in [0.2, 0.25) is 0 Å². The minimum Gasteiger partial charge on any atom is -0.376 e. The molecule has 9 heteroatoms. The highest BCUT2D eigenvalue weighted by Crippen LogP contribution is 2.19. The lowest BCUT2D eigenvalue weighted by Gasteiger charge is -2.37. The van der Waals surface area contributed by atoms with Gasteiger partial charge in [0, 0.05) is 6.61 Å². The summed E-state index contributed by atoms with van der Waals surface area (Å²) in [7, 11) is 0. The lowest BCUT2D eigenvalue weighted by atomic mass is 10.1. The van der Waals surface area contributed by atoms with Gasteiger partial charge in [-0.05, 0) is 19.3 Å². The van der Waals surface area contributed by atoms with E-state index in [2.05, 4.69) is 10.3 Å². The molecule has 1 atom stereocenters. The van der Waals surface area contributed by atoms with Gasteiger partial charge in [-0.2, -0.15) is 18.7 Å². The van der Waals surface area contributed by atoms with Gasteiger partial charge in [-0.3, -0.25) is 4.84 Å². The summed E-state index contributed by atoms with van der Waals surface area (Å²) < 4.78 is 41.2. The van der Waals surface area contributed by atoms with Crippen LogP contribution in [0.4, 0.5) is 13.2 Å². The summed E-state index contributed by atoms with van der Waals surface area (Å²) in [6, 6.07) is -0.153. The fourth-order valence-corrected chi connectivity index (χ4v) is 1.95. The molecule has 0 radical (unpaired) electrons. The van der Waals surface area contributed by atoms with Crippen molar-refractivity contribution in [3.05, 3.63) is 0 Å². The number of carbonyl (C=O) groups is 1. The molecule has 2 fully saturated rings. The molecular formula is C11H17F3N2O4. The van der Waals surface area contributed by atoms with Crippen molar-refractivity contribution in [1.82, 2.24) is 10.5 Å². The Labute approximate surface area is 114 Å². The number of halogens is 3. The Hall–Kier alpha value is -0.900. The summed E-state index contributed by atoms with van der Waals surface area (Å²) in [5.74, 6) is -2.20. The topological polar surface area (TPSA) is 60.0 Å². The Balaban J connectivity index is 1.52. The van der Waals surface area contributed by atoms with E-state index in [4.69, 9.17) is 9.57 Å². The van der Waals surface area contributed by atoms with Gasteiger partial charge in [0.1, 0.15) is 0 Å². The molecule has 0 aromatic carbocycles. The number of nitrogens with zero attached hydrogens (tertiary/aromatic N) is 1. The molecule has 2 aliphatic heterocycles. The average molecular weight is 298 g/mol. The normalized spacial score (nSPS) is 25.2. The van der Waals surface area contributed by atoms with Crippen molar-refractivity contribution < 1.29 is 32.4 Å². The summed E-state index contributed by atoms with van der Waals surface area (Å²) in [4.78, 5) is 19.9. The maximum absolute atomic E-state index is 11.9. The molecule has 0 aromatic heterocycles. The van der Waals surface area contributed by atoms with E-state index in [0.717, 1.165) is 30.9 Å². The molecule has 0 aromatic rings. The first-order valence-corrected chi connectivity index (χ1v) is 6.48. The van der Waals surface area contributed by atoms with Gasteiger partial charge in [0.05, 0.1) is 31.8 Å². The number of hydrogen-bond acceptors (Lipinski definition) is 6. The maximum Gasteiger partial charge on any atom is 0.492 e. The standard InChI is InChI=1S/C11H17F3N2O4/c12-11(13,14)10(17)20-16-5-8(6-16)15-19-7-9-3-1-2-4-18-9/h8-9,15H,1-7H2. The second kappa shape index (κ2) is 6.70. The first-order chi connectivity index (χ1) is 9.45. The fourth-order valence-electron chi connectivity index (χ4n) is 1.95. The van der Waals surface area contributed by atoms with Crippen molar-refractivity contribution in [2.75, 3.05) is 26.3 Å². The number of ether oxygens (including phenoxy) is 1. The molecule has 2 rings (SSSR count). The second-order valence-electron chi connectivity index (χ2n) is 4.84. The van der Waals surface area contributed by atoms with Crippen LogP contribution in [0.1, 0.15) is 19.3 Å². The van der Waals surface area contributed by atoms with Gasteiger partial charge in [0.2, 0.25) is 0 Å². The van der Waals surface area contributed by atoms with Crippen molar-refractivity contribution in [3.8, 4) is 0 Å². The third-order valence-electron chi connectivity index (χ3n) is 3.08. The molecular weight excluding hydrogens is 281 g/mol. The summed E-state index contributed by atoms with van der Waals surface area (Å²) in [5.41, 5.74) is 2.71. The molecule has 0 amide bonds. The third-order valence-corrected chi connectivity index (χ3v) is 3.08. The summed E-state index contributed by atoms with van der Waals surface area (Å²) in [6.07, 6.45) is -1.78. The lowest BCUT2D eigenvalue weighted by molar-refractivity contribution is -0.259. The largest absolute Gasteiger partial charge is 0.492 e. The first kappa shape index (κ1) is 15.5. The van der Waals surface area contributed by atoms with Crippen LogP contribution in [0.5, 0.6) is 0 Å². The Kier molecular flexibility index (Phi) is 5.19. The van der Waals surface area contributed by atoms with E-state index in [1.54, 1.807) is 0 Å². The molecule has 6 nitrogen and oxygen atoms in total. The van der Waals surface area contributed by atoms with Gasteiger partial charge in [-0.15, -0.1) is 5.06 Å². The maximum atomic E-state index is 11.9. The number of hydroxylamine groups is 3. The van der Waals surface area contributed by atoms with Crippen LogP contribution in [0.25, 0.3) is 0 Å². The molecule has 0 aliphatic carbocycles. The highest BCUT2D eigenvalue weighted by atomic mass is 19.4. The van der Waals surface area contributed by atoms with Crippen LogP contribution < -0.4 is 5.48 Å². The SMILES string of the molecule is O=C(ON1CC(NOCC2CCCCO2)C1)C(F)(F)F. The zero-order chi connectivity index (χ0) is 14.6. The van der Waals surface area contributed by atoms with Crippen LogP contribution in [0.3, 0.4) is 0 Å². The van der Waals surface area contributed by atoms with E-state index >= 15 is 0 Å². The smallest absolute Gasteiger partial charge is 0.376 e. The van der Waals surface area contributed by atoms with E-state index in [0.29, 0.717) is 6.61 Å². The molecule has 1 unspecified atom stereocenters. The highest BCUT2D eigenvalue weighted by molar-refractivity contribution is 5.75. The molecule has 0 saturated carbocycles. The van der Waals surface area contributed by atoms with Crippen molar-refractivity contribution in [1.29, 1.82) is 0 Å². The summed E-state index contributed by atoms with van der Waals surface area (Å²) >= 11 is 0. The van der Waals surface area contributed by atoms with Crippen molar-refractivity contribution in [3.63, 3.8) is 0 Å². The van der Waals surface area contributed by atoms with Gasteiger partial charge < -0.3 is 9.57 Å². The zero-order valence-corrected chi connectivity index (χ0v) is 10.8. The minimum atomic E-state index is -4.96. The monoisotopic (exact) mass is 298 g/mol. The molecule has 0 bridgehead atoms. The second-order valence-corrected chi connectivity index (χ2v) is 4.84. The average Bonchev–Trinajstić information content (AvgIpc) is 2.35. The van der Waals surface area contributed by atoms with Crippen molar-refractivity contribution >= 4 is 5.97 Å². The van der Waals surface area contributed by atoms with Gasteiger partial charge in [0.25, 0.3) is 0 Å². The lowest BCUT2D eigenvalue weighted by Crippen LogP contribution is -2.59. The number of hydrogen-bond donors (Lipinski definition) is 1. The quantitative estimate of drug-likeness (QED) is 0.757. The molecule has 2 saturated heterocycles. The minimum absolute atomic E-state index is 0.0653. The van der Waals surface area contributed by atoms with Crippen LogP contribution in [-0.2, 0) is 19.2 Å². The molecule has 1 N–H and O–H groups in total. The van der Waals surface area contributed by atoms with E-state index < -0.39 is 12.1 Å². The Morgan fingerprint density at radius 2 is 2.10 bits per heavy atom. The van der Waals surface area contributed by atoms with E-state index in [1.807, 2.05) is 0 Å². The van der Waals surface area contributed by atoms with Crippen LogP contribution in [-0.4, -0.2) is 55.7 Å². The van der Waals surface area contributed by atoms with Gasteiger partial charge in [-0.1, -0.05) is 0 Å². The predicted octanol–water partition coefficient (Wildman–Crippen LogP) is 0.781. The molecule has 2 aliphatic rings. The Morgan fingerprint density at radius 3 is 2.70 bits per heavy atom. The fraction of sp³-hybridized carbons (Fsp3) is 0.909. The summed E-state index contributed by atoms with van der Waals surface area (Å²) in [5, 5.41) is 0.938. The van der Waals surface area contributed by atoms with E-state index in [1.165, 1.54) is 0 Å². The highest BCUT2D eigenvalue weighted by Gasteiger charge is 2.44. The van der Waals surface area contributed by atoms with E-state index in [9.17, 15) is 18.0 Å². The Morgan fingerprint density at radius 1 is 1.35 bits per heavy atom. The third kappa shape index (κ3) is 4.58. The van der Waals surface area contributed by atoms with Crippen molar-refractivity contribution in [2.45, 2.75) is 37.6 Å². The van der Waals surface area contributed by atoms with Gasteiger partial charge in [-0.25, -0.2) is 4.79 Å². The number of nitrogens with one attached hydrogen (secondary N) is 1. The number of rotatable bonds is 5. The molecule has 116 valence electrons. The molecule has 2 heterocycles. The van der Waals surface area contributed by atoms with Gasteiger partial charge >= 0.3 is 12.1 Å². The molecule has 20 heavy (non-hydrogen) atoms. The number of alkyl halides is 3. The van der Waals surface area contributed by atoms with E-state index in [-0.39, 0.29) is 25.2 Å². The molecule has 0 spiro atoms. The summed E-state index contributed by atoms with van der Waals surface area (Å²) in [6.45, 7) is 1.46. The predicted molar refractivity (Wildman–Crippen MR) is 60.2 cm³/mol. The number of carbonyl (C=O) groups excluding carboxylic acids is 1. The van der Waals surface area contributed by atoms with Crippen LogP contribution in [0, 0.1) is 0 Å². The van der Waals surface area contributed by atoms with Crippen molar-refractivity contribution in [2.24, 2.45) is 0 Å².